The summed E-state index contributed by atoms with van der Waals surface area (Å²) in [5.41, 5.74) is 4.62. The Morgan fingerprint density at radius 3 is 2.67 bits per heavy atom. The minimum absolute atomic E-state index is 0.299. The summed E-state index contributed by atoms with van der Waals surface area (Å²) in [6.45, 7) is 9.35. The van der Waals surface area contributed by atoms with E-state index in [0.717, 1.165) is 23.6 Å². The maximum absolute atomic E-state index is 4.64. The molecule has 0 saturated heterocycles. The van der Waals surface area contributed by atoms with Crippen LogP contribution >= 0.6 is 11.3 Å². The van der Waals surface area contributed by atoms with E-state index < -0.39 is 0 Å². The molecule has 0 amide bonds. The summed E-state index contributed by atoms with van der Waals surface area (Å²) < 4.78 is 0. The average Bonchev–Trinajstić information content (AvgIpc) is 2.75. The molecule has 0 saturated carbocycles. The van der Waals surface area contributed by atoms with E-state index in [1.165, 1.54) is 11.1 Å². The number of hydrogen-bond donors (Lipinski definition) is 1. The molecule has 3 nitrogen and oxygen atoms in total. The Kier molecular flexibility index (Phi) is 4.09. The van der Waals surface area contributed by atoms with Crippen molar-refractivity contribution in [3.05, 3.63) is 33.8 Å². The summed E-state index contributed by atoms with van der Waals surface area (Å²) in [6.07, 6.45) is 1.95. The smallest absolute Gasteiger partial charge is 0.160 e. The molecular formula is C14H19N3S. The average molecular weight is 261 g/mol. The van der Waals surface area contributed by atoms with Crippen LogP contribution < -0.4 is 5.32 Å². The van der Waals surface area contributed by atoms with E-state index >= 15 is 0 Å². The fourth-order valence-corrected chi connectivity index (χ4v) is 2.86. The number of thiophene rings is 1. The maximum Gasteiger partial charge on any atom is 0.160 e. The highest BCUT2D eigenvalue weighted by molar-refractivity contribution is 7.08. The molecule has 1 atom stereocenters. The summed E-state index contributed by atoms with van der Waals surface area (Å²) in [6, 6.07) is 0.299. The lowest BCUT2D eigenvalue weighted by atomic mass is 10.1. The molecule has 2 aromatic rings. The molecule has 0 bridgehead atoms. The van der Waals surface area contributed by atoms with Crippen LogP contribution in [0.4, 0.5) is 0 Å². The van der Waals surface area contributed by atoms with Gasteiger partial charge in [-0.2, -0.15) is 11.3 Å². The third-order valence-electron chi connectivity index (χ3n) is 3.09. The molecule has 0 radical (unpaired) electrons. The summed E-state index contributed by atoms with van der Waals surface area (Å²) in [4.78, 5) is 9.14. The first kappa shape index (κ1) is 13.2. The van der Waals surface area contributed by atoms with Crippen molar-refractivity contribution >= 4 is 11.3 Å². The highest BCUT2D eigenvalue weighted by Crippen LogP contribution is 2.25. The fourth-order valence-electron chi connectivity index (χ4n) is 2.04. The summed E-state index contributed by atoms with van der Waals surface area (Å²) >= 11 is 1.69. The van der Waals surface area contributed by atoms with Gasteiger partial charge < -0.3 is 5.32 Å². The van der Waals surface area contributed by atoms with Crippen LogP contribution in [0.1, 0.15) is 36.7 Å². The molecule has 1 N–H and O–H groups in total. The molecule has 0 aliphatic heterocycles. The van der Waals surface area contributed by atoms with Crippen molar-refractivity contribution in [3.63, 3.8) is 0 Å². The number of nitrogens with zero attached hydrogens (tertiary/aromatic N) is 2. The molecule has 0 aliphatic carbocycles. The van der Waals surface area contributed by atoms with E-state index in [4.69, 9.17) is 0 Å². The summed E-state index contributed by atoms with van der Waals surface area (Å²) in [5, 5.41) is 7.63. The monoisotopic (exact) mass is 261 g/mol. The number of aromatic nitrogens is 2. The van der Waals surface area contributed by atoms with Crippen molar-refractivity contribution < 1.29 is 0 Å². The van der Waals surface area contributed by atoms with Gasteiger partial charge in [-0.15, -0.1) is 0 Å². The van der Waals surface area contributed by atoms with Gasteiger partial charge >= 0.3 is 0 Å². The Balaban J connectivity index is 2.33. The second kappa shape index (κ2) is 5.59. The van der Waals surface area contributed by atoms with Gasteiger partial charge in [-0.05, 0) is 38.3 Å². The molecule has 0 spiro atoms. The summed E-state index contributed by atoms with van der Waals surface area (Å²) in [7, 11) is 0. The van der Waals surface area contributed by atoms with Crippen molar-refractivity contribution in [1.29, 1.82) is 0 Å². The topological polar surface area (TPSA) is 37.8 Å². The van der Waals surface area contributed by atoms with Crippen LogP contribution in [-0.2, 0) is 0 Å². The van der Waals surface area contributed by atoms with Crippen LogP contribution in [0.3, 0.4) is 0 Å². The molecule has 4 heteroatoms. The molecule has 18 heavy (non-hydrogen) atoms. The Hall–Kier alpha value is -1.26. The zero-order chi connectivity index (χ0) is 13.1. The molecule has 0 fully saturated rings. The maximum atomic E-state index is 4.64. The summed E-state index contributed by atoms with van der Waals surface area (Å²) in [5.74, 6) is 0.832. The predicted molar refractivity (Wildman–Crippen MR) is 76.9 cm³/mol. The number of rotatable bonds is 4. The van der Waals surface area contributed by atoms with Crippen LogP contribution in [0.5, 0.6) is 0 Å². The molecular weight excluding hydrogens is 242 g/mol. The van der Waals surface area contributed by atoms with Gasteiger partial charge in [0.2, 0.25) is 0 Å². The van der Waals surface area contributed by atoms with Crippen LogP contribution in [0.2, 0.25) is 0 Å². The normalized spacial score (nSPS) is 12.7. The largest absolute Gasteiger partial charge is 0.310 e. The third-order valence-corrected chi connectivity index (χ3v) is 3.95. The van der Waals surface area contributed by atoms with Crippen LogP contribution in [0.15, 0.2) is 17.0 Å². The van der Waals surface area contributed by atoms with Gasteiger partial charge in [-0.1, -0.05) is 6.92 Å². The second-order valence-corrected chi connectivity index (χ2v) is 5.23. The third kappa shape index (κ3) is 2.60. The lowest BCUT2D eigenvalue weighted by Crippen LogP contribution is -2.19. The Labute approximate surface area is 112 Å². The number of hydrogen-bond acceptors (Lipinski definition) is 4. The predicted octanol–water partition coefficient (Wildman–Crippen LogP) is 3.49. The van der Waals surface area contributed by atoms with Crippen LogP contribution in [-0.4, -0.2) is 16.5 Å². The number of aryl methyl sites for hydroxylation is 2. The Morgan fingerprint density at radius 2 is 2.11 bits per heavy atom. The van der Waals surface area contributed by atoms with E-state index in [0.29, 0.717) is 6.04 Å². The van der Waals surface area contributed by atoms with Gasteiger partial charge in [0.05, 0.1) is 0 Å². The SMILES string of the molecule is CCNC(C)c1cnc(-c2cscc2C)nc1C. The zero-order valence-corrected chi connectivity index (χ0v) is 12.1. The zero-order valence-electron chi connectivity index (χ0n) is 11.3. The second-order valence-electron chi connectivity index (χ2n) is 4.48. The number of nitrogens with one attached hydrogen (secondary N) is 1. The molecule has 2 aromatic heterocycles. The first-order valence-corrected chi connectivity index (χ1v) is 7.17. The first-order valence-electron chi connectivity index (χ1n) is 6.23. The van der Waals surface area contributed by atoms with E-state index in [1.807, 2.05) is 6.20 Å². The van der Waals surface area contributed by atoms with E-state index in [-0.39, 0.29) is 0 Å². The van der Waals surface area contributed by atoms with Gasteiger partial charge in [0.1, 0.15) is 0 Å². The Bertz CT molecular complexity index is 534. The van der Waals surface area contributed by atoms with Crippen LogP contribution in [0, 0.1) is 13.8 Å². The van der Waals surface area contributed by atoms with Gasteiger partial charge in [0.15, 0.2) is 5.82 Å². The van der Waals surface area contributed by atoms with Gasteiger partial charge in [0.25, 0.3) is 0 Å². The van der Waals surface area contributed by atoms with E-state index in [9.17, 15) is 0 Å². The van der Waals surface area contributed by atoms with Crippen molar-refractivity contribution in [2.45, 2.75) is 33.7 Å². The van der Waals surface area contributed by atoms with Crippen molar-refractivity contribution in [2.75, 3.05) is 6.54 Å². The van der Waals surface area contributed by atoms with Crippen LogP contribution in [0.25, 0.3) is 11.4 Å². The molecule has 2 heterocycles. The minimum atomic E-state index is 0.299. The van der Waals surface area contributed by atoms with Gasteiger partial charge in [0, 0.05) is 34.4 Å². The first-order chi connectivity index (χ1) is 8.63. The van der Waals surface area contributed by atoms with Crippen molar-refractivity contribution in [2.24, 2.45) is 0 Å². The minimum Gasteiger partial charge on any atom is -0.310 e. The van der Waals surface area contributed by atoms with E-state index in [2.05, 4.69) is 53.7 Å². The van der Waals surface area contributed by atoms with Gasteiger partial charge in [-0.25, -0.2) is 9.97 Å². The van der Waals surface area contributed by atoms with Crippen molar-refractivity contribution in [1.82, 2.24) is 15.3 Å². The standard InChI is InChI=1S/C14H19N3S/c1-5-15-10(3)12-6-16-14(17-11(12)4)13-8-18-7-9(13)2/h6-8,10,15H,5H2,1-4H3. The highest BCUT2D eigenvalue weighted by Gasteiger charge is 2.12. The molecule has 0 aromatic carbocycles. The fraction of sp³-hybridized carbons (Fsp3) is 0.429. The molecule has 0 aliphatic rings. The lowest BCUT2D eigenvalue weighted by Gasteiger charge is -2.14. The van der Waals surface area contributed by atoms with Crippen molar-refractivity contribution in [3.8, 4) is 11.4 Å². The highest BCUT2D eigenvalue weighted by atomic mass is 32.1. The molecule has 1 unspecified atom stereocenters. The van der Waals surface area contributed by atoms with E-state index in [1.54, 1.807) is 11.3 Å². The molecule has 2 rings (SSSR count). The Morgan fingerprint density at radius 1 is 1.33 bits per heavy atom. The van der Waals surface area contributed by atoms with Gasteiger partial charge in [-0.3, -0.25) is 0 Å². The molecule has 96 valence electrons. The lowest BCUT2D eigenvalue weighted by molar-refractivity contribution is 0.590. The quantitative estimate of drug-likeness (QED) is 0.915.